The quantitative estimate of drug-likeness (QED) is 0.683. The number of carbonyl (C=O) groups is 3. The van der Waals surface area contributed by atoms with E-state index in [1.54, 1.807) is 31.2 Å². The molecule has 3 N–H and O–H groups in total. The van der Waals surface area contributed by atoms with Gasteiger partial charge in [-0.15, -0.1) is 0 Å². The standard InChI is InChI=1S/C13H15N3O4/c1-2-20-13(19)8-5-3-4-6-9(8)14-12(18)10-7-11(17)16-15-10/h3-6,10,15H,2,7H2,1H3,(H,14,18)(H,16,17). The summed E-state index contributed by atoms with van der Waals surface area (Å²) in [5.74, 6) is -1.14. The summed E-state index contributed by atoms with van der Waals surface area (Å²) in [5.41, 5.74) is 5.56. The van der Waals surface area contributed by atoms with Crippen molar-refractivity contribution >= 4 is 23.5 Å². The number of anilines is 1. The summed E-state index contributed by atoms with van der Waals surface area (Å²) < 4.78 is 4.92. The van der Waals surface area contributed by atoms with Crippen LogP contribution in [0.2, 0.25) is 0 Å². The Labute approximate surface area is 115 Å². The summed E-state index contributed by atoms with van der Waals surface area (Å²) in [6.45, 7) is 1.96. The Bertz CT molecular complexity index is 544. The number of esters is 1. The lowest BCUT2D eigenvalue weighted by Crippen LogP contribution is -2.40. The van der Waals surface area contributed by atoms with E-state index in [9.17, 15) is 14.4 Å². The number of hydrogen-bond donors (Lipinski definition) is 3. The van der Waals surface area contributed by atoms with Gasteiger partial charge in [-0.2, -0.15) is 0 Å². The van der Waals surface area contributed by atoms with Gasteiger partial charge in [0.15, 0.2) is 0 Å². The van der Waals surface area contributed by atoms with Gasteiger partial charge >= 0.3 is 5.97 Å². The number of benzene rings is 1. The number of rotatable bonds is 4. The predicted molar refractivity (Wildman–Crippen MR) is 70.7 cm³/mol. The van der Waals surface area contributed by atoms with E-state index in [0.717, 1.165) is 0 Å². The molecule has 1 heterocycles. The molecule has 1 saturated heterocycles. The van der Waals surface area contributed by atoms with Crippen molar-refractivity contribution in [3.63, 3.8) is 0 Å². The smallest absolute Gasteiger partial charge is 0.340 e. The monoisotopic (exact) mass is 277 g/mol. The minimum absolute atomic E-state index is 0.0629. The van der Waals surface area contributed by atoms with Gasteiger partial charge in [-0.25, -0.2) is 10.2 Å². The Morgan fingerprint density at radius 1 is 1.40 bits per heavy atom. The number of hydrogen-bond acceptors (Lipinski definition) is 5. The molecule has 1 aromatic rings. The second-order valence-corrected chi connectivity index (χ2v) is 4.20. The van der Waals surface area contributed by atoms with E-state index in [1.165, 1.54) is 0 Å². The van der Waals surface area contributed by atoms with Crippen LogP contribution >= 0.6 is 0 Å². The molecule has 20 heavy (non-hydrogen) atoms. The van der Waals surface area contributed by atoms with Crippen molar-refractivity contribution in [3.05, 3.63) is 29.8 Å². The Kier molecular flexibility index (Phi) is 4.31. The fraction of sp³-hybridized carbons (Fsp3) is 0.308. The van der Waals surface area contributed by atoms with Gasteiger partial charge in [0.1, 0.15) is 6.04 Å². The van der Waals surface area contributed by atoms with Crippen molar-refractivity contribution in [3.8, 4) is 0 Å². The largest absolute Gasteiger partial charge is 0.462 e. The Hall–Kier alpha value is -2.41. The Morgan fingerprint density at radius 3 is 2.80 bits per heavy atom. The fourth-order valence-corrected chi connectivity index (χ4v) is 1.81. The molecule has 0 radical (unpaired) electrons. The molecule has 1 aliphatic heterocycles. The van der Waals surface area contributed by atoms with Crippen LogP contribution in [-0.2, 0) is 14.3 Å². The van der Waals surface area contributed by atoms with Crippen LogP contribution in [-0.4, -0.2) is 30.4 Å². The highest BCUT2D eigenvalue weighted by atomic mass is 16.5. The molecule has 0 bridgehead atoms. The Balaban J connectivity index is 2.11. The highest BCUT2D eigenvalue weighted by Crippen LogP contribution is 2.17. The van der Waals surface area contributed by atoms with Crippen LogP contribution in [0.3, 0.4) is 0 Å². The first-order valence-corrected chi connectivity index (χ1v) is 6.23. The lowest BCUT2D eigenvalue weighted by atomic mass is 10.1. The molecule has 1 aliphatic rings. The van der Waals surface area contributed by atoms with Gasteiger partial charge in [-0.3, -0.25) is 15.0 Å². The second-order valence-electron chi connectivity index (χ2n) is 4.20. The molecule has 2 rings (SSSR count). The van der Waals surface area contributed by atoms with Gasteiger partial charge in [0.05, 0.1) is 24.3 Å². The summed E-state index contributed by atoms with van der Waals surface area (Å²) in [6, 6.07) is 5.90. The van der Waals surface area contributed by atoms with Crippen LogP contribution in [0.1, 0.15) is 23.7 Å². The number of carbonyl (C=O) groups excluding carboxylic acids is 3. The predicted octanol–water partition coefficient (Wildman–Crippen LogP) is 0.195. The van der Waals surface area contributed by atoms with Gasteiger partial charge in [0.25, 0.3) is 0 Å². The van der Waals surface area contributed by atoms with Crippen molar-refractivity contribution in [2.75, 3.05) is 11.9 Å². The molecule has 1 fully saturated rings. The van der Waals surface area contributed by atoms with Crippen molar-refractivity contribution < 1.29 is 19.1 Å². The highest BCUT2D eigenvalue weighted by molar-refractivity contribution is 6.04. The molecule has 7 heteroatoms. The zero-order valence-electron chi connectivity index (χ0n) is 10.9. The van der Waals surface area contributed by atoms with E-state index in [-0.39, 0.29) is 30.4 Å². The van der Waals surface area contributed by atoms with Crippen LogP contribution < -0.4 is 16.2 Å². The maximum Gasteiger partial charge on any atom is 0.340 e. The first-order valence-electron chi connectivity index (χ1n) is 6.23. The zero-order chi connectivity index (χ0) is 14.5. The maximum absolute atomic E-state index is 12.0. The number of amides is 2. The SMILES string of the molecule is CCOC(=O)c1ccccc1NC(=O)C1CC(=O)NN1. The number of hydrazine groups is 1. The molecule has 1 unspecified atom stereocenters. The van der Waals surface area contributed by atoms with E-state index >= 15 is 0 Å². The van der Waals surface area contributed by atoms with Gasteiger partial charge in [0, 0.05) is 0 Å². The van der Waals surface area contributed by atoms with Crippen molar-refractivity contribution in [1.29, 1.82) is 0 Å². The van der Waals surface area contributed by atoms with Gasteiger partial charge in [-0.05, 0) is 19.1 Å². The van der Waals surface area contributed by atoms with Gasteiger partial charge in [-0.1, -0.05) is 12.1 Å². The van der Waals surface area contributed by atoms with E-state index in [0.29, 0.717) is 5.69 Å². The minimum atomic E-state index is -0.655. The lowest BCUT2D eigenvalue weighted by Gasteiger charge is -2.12. The number of nitrogens with one attached hydrogen (secondary N) is 3. The van der Waals surface area contributed by atoms with E-state index in [1.807, 2.05) is 0 Å². The summed E-state index contributed by atoms with van der Waals surface area (Å²) in [5, 5.41) is 2.62. The first-order chi connectivity index (χ1) is 9.61. The van der Waals surface area contributed by atoms with E-state index in [2.05, 4.69) is 16.2 Å². The highest BCUT2D eigenvalue weighted by Gasteiger charge is 2.28. The van der Waals surface area contributed by atoms with Crippen molar-refractivity contribution in [1.82, 2.24) is 10.9 Å². The summed E-state index contributed by atoms with van der Waals surface area (Å²) in [6.07, 6.45) is 0.0629. The molecule has 0 aliphatic carbocycles. The molecule has 2 amide bonds. The maximum atomic E-state index is 12.0. The normalized spacial score (nSPS) is 17.4. The average Bonchev–Trinajstić information content (AvgIpc) is 2.86. The molecule has 0 aromatic heterocycles. The molecule has 0 spiro atoms. The molecular formula is C13H15N3O4. The Morgan fingerprint density at radius 2 is 2.15 bits per heavy atom. The zero-order valence-corrected chi connectivity index (χ0v) is 10.9. The fourth-order valence-electron chi connectivity index (χ4n) is 1.81. The summed E-state index contributed by atoms with van der Waals surface area (Å²) in [7, 11) is 0. The topological polar surface area (TPSA) is 96.5 Å². The van der Waals surface area contributed by atoms with Crippen LogP contribution in [0.5, 0.6) is 0 Å². The summed E-state index contributed by atoms with van der Waals surface area (Å²) in [4.78, 5) is 34.8. The molecule has 1 atom stereocenters. The molecule has 0 saturated carbocycles. The molecular weight excluding hydrogens is 262 g/mol. The van der Waals surface area contributed by atoms with Crippen LogP contribution in [0.25, 0.3) is 0 Å². The second kappa shape index (κ2) is 6.16. The first kappa shape index (κ1) is 14.0. The van der Waals surface area contributed by atoms with Gasteiger partial charge in [0.2, 0.25) is 11.8 Å². The third-order valence-corrected chi connectivity index (χ3v) is 2.77. The van der Waals surface area contributed by atoms with Crippen molar-refractivity contribution in [2.24, 2.45) is 0 Å². The molecule has 7 nitrogen and oxygen atoms in total. The third-order valence-electron chi connectivity index (χ3n) is 2.77. The third kappa shape index (κ3) is 3.12. The number of ether oxygens (including phenoxy) is 1. The van der Waals surface area contributed by atoms with Crippen LogP contribution in [0.15, 0.2) is 24.3 Å². The van der Waals surface area contributed by atoms with Gasteiger partial charge < -0.3 is 10.1 Å². The van der Waals surface area contributed by atoms with Crippen molar-refractivity contribution in [2.45, 2.75) is 19.4 Å². The molecule has 1 aromatic carbocycles. The number of para-hydroxylation sites is 1. The minimum Gasteiger partial charge on any atom is -0.462 e. The van der Waals surface area contributed by atoms with E-state index in [4.69, 9.17) is 4.74 Å². The van der Waals surface area contributed by atoms with E-state index < -0.39 is 12.0 Å². The van der Waals surface area contributed by atoms with Crippen LogP contribution in [0.4, 0.5) is 5.69 Å². The summed E-state index contributed by atoms with van der Waals surface area (Å²) >= 11 is 0. The lowest BCUT2D eigenvalue weighted by molar-refractivity contribution is -0.121. The average molecular weight is 277 g/mol. The van der Waals surface area contributed by atoms with Crippen LogP contribution in [0, 0.1) is 0 Å². The molecule has 106 valence electrons.